The minimum absolute atomic E-state index is 0.0496. The highest BCUT2D eigenvalue weighted by Gasteiger charge is 2.39. The number of ether oxygens (including phenoxy) is 1. The minimum atomic E-state index is -0.577. The molecule has 4 rings (SSSR count). The third-order valence-corrected chi connectivity index (χ3v) is 5.43. The second-order valence-corrected chi connectivity index (χ2v) is 7.37. The summed E-state index contributed by atoms with van der Waals surface area (Å²) in [5.74, 6) is -0.349. The van der Waals surface area contributed by atoms with E-state index < -0.39 is 6.09 Å². The predicted molar refractivity (Wildman–Crippen MR) is 104 cm³/mol. The number of carbonyl (C=O) groups is 3. The van der Waals surface area contributed by atoms with Crippen LogP contribution in [0, 0.1) is 0 Å². The summed E-state index contributed by atoms with van der Waals surface area (Å²) in [7, 11) is 0. The second kappa shape index (κ2) is 7.64. The van der Waals surface area contributed by atoms with Crippen LogP contribution >= 0.6 is 11.6 Å². The largest absolute Gasteiger partial charge is 0.439 e. The standard InChI is InChI=1S/C21H19ClN2O4/c22-17-3-1-2-16(12-17)14-4-6-15(7-5-14)20(26)23-10-8-18(9-11-23)24-19(25)13-28-21(24)27/h1-7,12,18H,8-11,13H2. The van der Waals surface area contributed by atoms with Gasteiger partial charge >= 0.3 is 6.09 Å². The number of hydrogen-bond donors (Lipinski definition) is 0. The first-order chi connectivity index (χ1) is 13.5. The number of hydrogen-bond acceptors (Lipinski definition) is 4. The van der Waals surface area contributed by atoms with Crippen molar-refractivity contribution in [2.45, 2.75) is 18.9 Å². The highest BCUT2D eigenvalue weighted by atomic mass is 35.5. The first-order valence-electron chi connectivity index (χ1n) is 9.17. The quantitative estimate of drug-likeness (QED) is 0.792. The van der Waals surface area contributed by atoms with Crippen molar-refractivity contribution < 1.29 is 19.1 Å². The molecule has 7 heteroatoms. The van der Waals surface area contributed by atoms with Gasteiger partial charge in [-0.15, -0.1) is 0 Å². The maximum atomic E-state index is 12.8. The van der Waals surface area contributed by atoms with E-state index in [9.17, 15) is 14.4 Å². The lowest BCUT2D eigenvalue weighted by molar-refractivity contribution is -0.127. The van der Waals surface area contributed by atoms with Crippen molar-refractivity contribution in [2.75, 3.05) is 19.7 Å². The van der Waals surface area contributed by atoms with E-state index in [-0.39, 0.29) is 24.5 Å². The van der Waals surface area contributed by atoms with E-state index in [4.69, 9.17) is 16.3 Å². The van der Waals surface area contributed by atoms with Crippen LogP contribution in [0.1, 0.15) is 23.2 Å². The van der Waals surface area contributed by atoms with Crippen molar-refractivity contribution in [3.63, 3.8) is 0 Å². The number of imide groups is 1. The van der Waals surface area contributed by atoms with Crippen molar-refractivity contribution in [3.8, 4) is 11.1 Å². The lowest BCUT2D eigenvalue weighted by atomic mass is 10.0. The topological polar surface area (TPSA) is 66.9 Å². The summed E-state index contributed by atoms with van der Waals surface area (Å²) >= 11 is 6.04. The van der Waals surface area contributed by atoms with Gasteiger partial charge in [0, 0.05) is 29.7 Å². The summed E-state index contributed by atoms with van der Waals surface area (Å²) in [5.41, 5.74) is 2.60. The number of cyclic esters (lactones) is 1. The van der Waals surface area contributed by atoms with Gasteiger partial charge in [-0.25, -0.2) is 9.69 Å². The Hall–Kier alpha value is -2.86. The summed E-state index contributed by atoms with van der Waals surface area (Å²) in [5, 5.41) is 0.667. The van der Waals surface area contributed by atoms with Gasteiger partial charge in [0.15, 0.2) is 6.61 Å². The van der Waals surface area contributed by atoms with E-state index in [1.165, 1.54) is 4.90 Å². The monoisotopic (exact) mass is 398 g/mol. The van der Waals surface area contributed by atoms with Gasteiger partial charge in [0.2, 0.25) is 0 Å². The van der Waals surface area contributed by atoms with Gasteiger partial charge in [-0.1, -0.05) is 35.9 Å². The molecule has 2 fully saturated rings. The summed E-state index contributed by atoms with van der Waals surface area (Å²) < 4.78 is 4.78. The fourth-order valence-corrected chi connectivity index (χ4v) is 3.89. The Balaban J connectivity index is 1.40. The van der Waals surface area contributed by atoms with Gasteiger partial charge in [0.25, 0.3) is 11.8 Å². The molecule has 6 nitrogen and oxygen atoms in total. The molecular weight excluding hydrogens is 380 g/mol. The van der Waals surface area contributed by atoms with Crippen molar-refractivity contribution in [1.29, 1.82) is 0 Å². The number of nitrogens with zero attached hydrogens (tertiary/aromatic N) is 2. The molecule has 144 valence electrons. The Bertz CT molecular complexity index is 904. The molecule has 0 spiro atoms. The molecule has 2 aliphatic heterocycles. The molecule has 0 radical (unpaired) electrons. The zero-order valence-electron chi connectivity index (χ0n) is 15.1. The SMILES string of the molecule is O=C(c1ccc(-c2cccc(Cl)c2)cc1)N1CCC(N2C(=O)COC2=O)CC1. The molecule has 3 amide bonds. The summed E-state index contributed by atoms with van der Waals surface area (Å²) in [6.45, 7) is 0.810. The fraction of sp³-hybridized carbons (Fsp3) is 0.286. The number of amides is 3. The number of piperidine rings is 1. The number of halogens is 1. The molecule has 2 aromatic carbocycles. The van der Waals surface area contributed by atoms with Crippen LogP contribution < -0.4 is 0 Å². The van der Waals surface area contributed by atoms with Crippen molar-refractivity contribution in [3.05, 3.63) is 59.1 Å². The normalized spacial score (nSPS) is 17.8. The molecule has 0 unspecified atom stereocenters. The van der Waals surface area contributed by atoms with Crippen LogP contribution in [0.3, 0.4) is 0 Å². The van der Waals surface area contributed by atoms with Crippen molar-refractivity contribution >= 4 is 29.5 Å². The Morgan fingerprint density at radius 2 is 1.71 bits per heavy atom. The van der Waals surface area contributed by atoms with Gasteiger partial charge in [0.1, 0.15) is 0 Å². The molecule has 28 heavy (non-hydrogen) atoms. The van der Waals surface area contributed by atoms with E-state index in [0.717, 1.165) is 11.1 Å². The highest BCUT2D eigenvalue weighted by molar-refractivity contribution is 6.30. The molecule has 0 aromatic heterocycles. The summed E-state index contributed by atoms with van der Waals surface area (Å²) in [6.07, 6.45) is 0.548. The molecule has 2 heterocycles. The molecule has 0 bridgehead atoms. The van der Waals surface area contributed by atoms with Crippen LogP contribution in [0.2, 0.25) is 5.02 Å². The predicted octanol–water partition coefficient (Wildman–Crippen LogP) is 3.59. The Labute approximate surface area is 167 Å². The molecule has 0 aliphatic carbocycles. The Kier molecular flexibility index (Phi) is 5.05. The summed E-state index contributed by atoms with van der Waals surface area (Å²) in [6, 6.07) is 14.8. The number of carbonyl (C=O) groups excluding carboxylic acids is 3. The first-order valence-corrected chi connectivity index (χ1v) is 9.55. The van der Waals surface area contributed by atoms with E-state index >= 15 is 0 Å². The third-order valence-electron chi connectivity index (χ3n) is 5.19. The fourth-order valence-electron chi connectivity index (χ4n) is 3.70. The van der Waals surface area contributed by atoms with Gasteiger partial charge in [0.05, 0.1) is 0 Å². The van der Waals surface area contributed by atoms with Crippen molar-refractivity contribution in [1.82, 2.24) is 9.80 Å². The molecule has 2 aromatic rings. The lowest BCUT2D eigenvalue weighted by Crippen LogP contribution is -2.48. The maximum Gasteiger partial charge on any atom is 0.417 e. The van der Waals surface area contributed by atoms with Crippen LogP contribution in [0.25, 0.3) is 11.1 Å². The molecule has 0 N–H and O–H groups in total. The highest BCUT2D eigenvalue weighted by Crippen LogP contribution is 2.25. The van der Waals surface area contributed by atoms with Crippen LogP contribution in [0.15, 0.2) is 48.5 Å². The molecular formula is C21H19ClN2O4. The second-order valence-electron chi connectivity index (χ2n) is 6.93. The van der Waals surface area contributed by atoms with Crippen LogP contribution in [0.5, 0.6) is 0 Å². The molecule has 0 saturated carbocycles. The maximum absolute atomic E-state index is 12.8. The van der Waals surface area contributed by atoms with Gasteiger partial charge in [-0.3, -0.25) is 9.59 Å². The Morgan fingerprint density at radius 1 is 1.00 bits per heavy atom. The van der Waals surface area contributed by atoms with Crippen LogP contribution in [0.4, 0.5) is 4.79 Å². The van der Waals surface area contributed by atoms with E-state index in [1.54, 1.807) is 4.90 Å². The van der Waals surface area contributed by atoms with Crippen LogP contribution in [-0.2, 0) is 9.53 Å². The molecule has 2 aliphatic rings. The molecule has 2 saturated heterocycles. The van der Waals surface area contributed by atoms with Crippen molar-refractivity contribution in [2.24, 2.45) is 0 Å². The minimum Gasteiger partial charge on any atom is -0.439 e. The zero-order chi connectivity index (χ0) is 19.7. The summed E-state index contributed by atoms with van der Waals surface area (Å²) in [4.78, 5) is 39.2. The average Bonchev–Trinajstić information content (AvgIpc) is 3.06. The molecule has 0 atom stereocenters. The smallest absolute Gasteiger partial charge is 0.417 e. The van der Waals surface area contributed by atoms with Gasteiger partial charge in [-0.05, 0) is 48.2 Å². The van der Waals surface area contributed by atoms with Crippen LogP contribution in [-0.4, -0.2) is 53.4 Å². The van der Waals surface area contributed by atoms with E-state index in [2.05, 4.69) is 0 Å². The number of benzene rings is 2. The lowest BCUT2D eigenvalue weighted by Gasteiger charge is -2.34. The average molecular weight is 399 g/mol. The zero-order valence-corrected chi connectivity index (χ0v) is 15.9. The van der Waals surface area contributed by atoms with E-state index in [0.29, 0.717) is 36.5 Å². The first kappa shape index (κ1) is 18.5. The number of rotatable bonds is 3. The van der Waals surface area contributed by atoms with E-state index in [1.807, 2.05) is 48.5 Å². The third kappa shape index (κ3) is 3.60. The Morgan fingerprint density at radius 3 is 2.32 bits per heavy atom. The van der Waals surface area contributed by atoms with Gasteiger partial charge < -0.3 is 9.64 Å². The van der Waals surface area contributed by atoms with Gasteiger partial charge in [-0.2, -0.15) is 0 Å². The number of likely N-dealkylation sites (tertiary alicyclic amines) is 1.